The second-order valence-electron chi connectivity index (χ2n) is 12.4. The molecule has 1 aromatic heterocycles. The maximum Gasteiger partial charge on any atom is 0.120 e. The fraction of sp³-hybridized carbons (Fsp3) is 0.238. The summed E-state index contributed by atoms with van der Waals surface area (Å²) in [5.74, 6) is 2.50. The topological polar surface area (TPSA) is 35.9 Å². The molecule has 1 aliphatic rings. The lowest BCUT2D eigenvalue weighted by Gasteiger charge is -2.26. The number of benzene rings is 5. The Kier molecular flexibility index (Phi) is 10.3. The third-order valence-electron chi connectivity index (χ3n) is 8.99. The largest absolute Gasteiger partial charge is 0.492 e. The minimum atomic E-state index is 0.494. The minimum absolute atomic E-state index is 0.494. The van der Waals surface area contributed by atoms with Crippen LogP contribution in [0.4, 0.5) is 0 Å². The molecule has 0 N–H and O–H groups in total. The molecule has 6 aromatic rings. The summed E-state index contributed by atoms with van der Waals surface area (Å²) in [6.45, 7) is 5.72. The maximum absolute atomic E-state index is 7.25. The van der Waals surface area contributed by atoms with Crippen molar-refractivity contribution in [2.75, 3.05) is 26.2 Å². The normalized spacial score (nSPS) is 13.4. The standard InChI is InChI=1S/C42H41ClN2O3/c43-41-39-28-38(48-31-34-12-6-2-7-13-34)22-23-40(39)45(29-32-14-18-36(19-15-32)46-27-26-44-24-8-3-9-25-44)42(41)35-16-20-37(21-17-35)47-30-33-10-4-1-5-11-33/h1-2,4-7,10-23,28H,3,8-9,24-27,29-31H2. The molecule has 0 amide bonds. The molecule has 1 aliphatic heterocycles. The van der Waals surface area contributed by atoms with Crippen LogP contribution in [0.15, 0.2) is 127 Å². The molecule has 5 nitrogen and oxygen atoms in total. The number of rotatable bonds is 13. The molecule has 0 radical (unpaired) electrons. The van der Waals surface area contributed by atoms with Gasteiger partial charge >= 0.3 is 0 Å². The average Bonchev–Trinajstić information content (AvgIpc) is 3.42. The Morgan fingerprint density at radius 2 is 1.15 bits per heavy atom. The molecule has 2 heterocycles. The van der Waals surface area contributed by atoms with E-state index in [4.69, 9.17) is 25.8 Å². The Labute approximate surface area is 288 Å². The zero-order chi connectivity index (χ0) is 32.5. The number of likely N-dealkylation sites (tertiary alicyclic amines) is 1. The highest BCUT2D eigenvalue weighted by molar-refractivity contribution is 6.38. The van der Waals surface area contributed by atoms with Crippen LogP contribution < -0.4 is 14.2 Å². The smallest absolute Gasteiger partial charge is 0.120 e. The second-order valence-corrected chi connectivity index (χ2v) is 12.8. The Hall–Kier alpha value is -4.71. The SMILES string of the molecule is Clc1c(-c2ccc(OCc3ccccc3)cc2)n(Cc2ccc(OCCN3CCCCC3)cc2)c2ccc(OCc3ccccc3)cc12. The number of halogens is 1. The monoisotopic (exact) mass is 656 g/mol. The summed E-state index contributed by atoms with van der Waals surface area (Å²) in [4.78, 5) is 2.50. The number of nitrogens with zero attached hydrogens (tertiary/aromatic N) is 2. The molecule has 244 valence electrons. The minimum Gasteiger partial charge on any atom is -0.492 e. The van der Waals surface area contributed by atoms with Gasteiger partial charge in [0.15, 0.2) is 0 Å². The van der Waals surface area contributed by atoms with Gasteiger partial charge in [-0.3, -0.25) is 4.90 Å². The summed E-state index contributed by atoms with van der Waals surface area (Å²) in [5.41, 5.74) is 6.45. The van der Waals surface area contributed by atoms with E-state index >= 15 is 0 Å². The van der Waals surface area contributed by atoms with E-state index in [2.05, 4.69) is 82.3 Å². The van der Waals surface area contributed by atoms with Crippen molar-refractivity contribution in [1.82, 2.24) is 9.47 Å². The van der Waals surface area contributed by atoms with Gasteiger partial charge in [0.05, 0.1) is 16.2 Å². The second kappa shape index (κ2) is 15.5. The van der Waals surface area contributed by atoms with Gasteiger partial charge < -0.3 is 18.8 Å². The Morgan fingerprint density at radius 3 is 1.81 bits per heavy atom. The van der Waals surface area contributed by atoms with Crippen molar-refractivity contribution >= 4 is 22.5 Å². The van der Waals surface area contributed by atoms with Crippen molar-refractivity contribution < 1.29 is 14.2 Å². The average molecular weight is 657 g/mol. The van der Waals surface area contributed by atoms with Crippen molar-refractivity contribution in [3.05, 3.63) is 149 Å². The molecule has 1 fully saturated rings. The summed E-state index contributed by atoms with van der Waals surface area (Å²) in [5, 5.41) is 1.66. The van der Waals surface area contributed by atoms with Crippen LogP contribution in [0.1, 0.15) is 36.0 Å². The van der Waals surface area contributed by atoms with Crippen LogP contribution in [0.2, 0.25) is 5.02 Å². The molecule has 48 heavy (non-hydrogen) atoms. The summed E-state index contributed by atoms with van der Waals surface area (Å²) in [6.07, 6.45) is 3.94. The highest BCUT2D eigenvalue weighted by Gasteiger charge is 2.19. The van der Waals surface area contributed by atoms with E-state index in [1.165, 1.54) is 37.9 Å². The van der Waals surface area contributed by atoms with Crippen LogP contribution in [-0.4, -0.2) is 35.7 Å². The lowest BCUT2D eigenvalue weighted by atomic mass is 10.1. The van der Waals surface area contributed by atoms with E-state index in [-0.39, 0.29) is 0 Å². The summed E-state index contributed by atoms with van der Waals surface area (Å²) in [7, 11) is 0. The van der Waals surface area contributed by atoms with Gasteiger partial charge in [0.1, 0.15) is 37.1 Å². The van der Waals surface area contributed by atoms with E-state index in [0.717, 1.165) is 57.1 Å². The molecular formula is C42H41ClN2O3. The fourth-order valence-electron chi connectivity index (χ4n) is 6.37. The quantitative estimate of drug-likeness (QED) is 0.124. The first kappa shape index (κ1) is 31.9. The van der Waals surface area contributed by atoms with Gasteiger partial charge in [0.2, 0.25) is 0 Å². The van der Waals surface area contributed by atoms with Crippen LogP contribution in [0.3, 0.4) is 0 Å². The van der Waals surface area contributed by atoms with E-state index in [1.54, 1.807) is 0 Å². The van der Waals surface area contributed by atoms with Gasteiger partial charge in [-0.05, 0) is 103 Å². The summed E-state index contributed by atoms with van der Waals surface area (Å²) in [6, 6.07) is 43.2. The zero-order valence-corrected chi connectivity index (χ0v) is 27.9. The fourth-order valence-corrected chi connectivity index (χ4v) is 6.73. The molecule has 0 unspecified atom stereocenters. The van der Waals surface area contributed by atoms with Gasteiger partial charge in [-0.25, -0.2) is 0 Å². The van der Waals surface area contributed by atoms with Crippen molar-refractivity contribution in [3.63, 3.8) is 0 Å². The third-order valence-corrected chi connectivity index (χ3v) is 9.37. The number of ether oxygens (including phenoxy) is 3. The molecule has 1 saturated heterocycles. The van der Waals surface area contributed by atoms with Gasteiger partial charge in [0.25, 0.3) is 0 Å². The number of hydrogen-bond donors (Lipinski definition) is 0. The molecule has 0 spiro atoms. The predicted molar refractivity (Wildman–Crippen MR) is 195 cm³/mol. The zero-order valence-electron chi connectivity index (χ0n) is 27.2. The molecule has 0 aliphatic carbocycles. The first-order valence-corrected chi connectivity index (χ1v) is 17.3. The Bertz CT molecular complexity index is 1900. The van der Waals surface area contributed by atoms with E-state index in [1.807, 2.05) is 54.6 Å². The molecule has 0 saturated carbocycles. The van der Waals surface area contributed by atoms with Crippen molar-refractivity contribution in [1.29, 1.82) is 0 Å². The lowest BCUT2D eigenvalue weighted by Crippen LogP contribution is -2.33. The highest BCUT2D eigenvalue weighted by atomic mass is 35.5. The Morgan fingerprint density at radius 1 is 0.562 bits per heavy atom. The third kappa shape index (κ3) is 7.87. The van der Waals surface area contributed by atoms with Crippen LogP contribution in [0.5, 0.6) is 17.2 Å². The molecule has 7 rings (SSSR count). The molecule has 6 heteroatoms. The van der Waals surface area contributed by atoms with E-state index in [9.17, 15) is 0 Å². The predicted octanol–water partition coefficient (Wildman–Crippen LogP) is 10.0. The molecular weight excluding hydrogens is 616 g/mol. The van der Waals surface area contributed by atoms with Crippen LogP contribution >= 0.6 is 11.6 Å². The number of fused-ring (bicyclic) bond motifs is 1. The Balaban J connectivity index is 1.13. The first-order valence-electron chi connectivity index (χ1n) is 16.9. The van der Waals surface area contributed by atoms with Gasteiger partial charge in [-0.1, -0.05) is 90.8 Å². The summed E-state index contributed by atoms with van der Waals surface area (Å²) < 4.78 is 20.7. The first-order chi connectivity index (χ1) is 23.7. The molecule has 0 atom stereocenters. The molecule has 5 aromatic carbocycles. The maximum atomic E-state index is 7.25. The van der Waals surface area contributed by atoms with Crippen molar-refractivity contribution in [2.24, 2.45) is 0 Å². The van der Waals surface area contributed by atoms with E-state index < -0.39 is 0 Å². The highest BCUT2D eigenvalue weighted by Crippen LogP contribution is 2.40. The number of hydrogen-bond acceptors (Lipinski definition) is 4. The van der Waals surface area contributed by atoms with Crippen LogP contribution in [0, 0.1) is 0 Å². The number of aromatic nitrogens is 1. The van der Waals surface area contributed by atoms with Crippen LogP contribution in [-0.2, 0) is 19.8 Å². The van der Waals surface area contributed by atoms with Crippen molar-refractivity contribution in [3.8, 4) is 28.5 Å². The number of piperidine rings is 1. The van der Waals surface area contributed by atoms with Gasteiger partial charge in [-0.2, -0.15) is 0 Å². The van der Waals surface area contributed by atoms with Crippen molar-refractivity contribution in [2.45, 2.75) is 39.0 Å². The summed E-state index contributed by atoms with van der Waals surface area (Å²) >= 11 is 7.25. The lowest BCUT2D eigenvalue weighted by molar-refractivity contribution is 0.183. The van der Waals surface area contributed by atoms with Crippen LogP contribution in [0.25, 0.3) is 22.2 Å². The van der Waals surface area contributed by atoms with E-state index in [0.29, 0.717) is 31.4 Å². The van der Waals surface area contributed by atoms with Gasteiger partial charge in [0, 0.05) is 18.5 Å². The van der Waals surface area contributed by atoms with Gasteiger partial charge in [-0.15, -0.1) is 0 Å². The molecule has 0 bridgehead atoms.